The summed E-state index contributed by atoms with van der Waals surface area (Å²) in [6.07, 6.45) is 0. The highest BCUT2D eigenvalue weighted by molar-refractivity contribution is 6.37. The highest BCUT2D eigenvalue weighted by atomic mass is 35.5. The summed E-state index contributed by atoms with van der Waals surface area (Å²) in [5.74, 6) is 0.471. The maximum absolute atomic E-state index is 11.2. The molecule has 0 bridgehead atoms. The van der Waals surface area contributed by atoms with Gasteiger partial charge in [0.25, 0.3) is 0 Å². The summed E-state index contributed by atoms with van der Waals surface area (Å²) >= 11 is 12.2. The van der Waals surface area contributed by atoms with Crippen molar-refractivity contribution in [3.63, 3.8) is 0 Å². The van der Waals surface area contributed by atoms with Gasteiger partial charge in [0.2, 0.25) is 0 Å². The van der Waals surface area contributed by atoms with E-state index in [1.807, 2.05) is 18.2 Å². The number of imidazole rings is 1. The number of hydrogen-bond donors (Lipinski definition) is 3. The van der Waals surface area contributed by atoms with E-state index in [-0.39, 0.29) is 5.69 Å². The number of aromatic nitrogens is 2. The lowest BCUT2D eigenvalue weighted by Gasteiger charge is -2.10. The first kappa shape index (κ1) is 14.8. The number of aromatic amines is 2. The van der Waals surface area contributed by atoms with Gasteiger partial charge in [0.05, 0.1) is 28.2 Å². The van der Waals surface area contributed by atoms with Gasteiger partial charge in [-0.3, -0.25) is 0 Å². The van der Waals surface area contributed by atoms with E-state index in [0.29, 0.717) is 22.3 Å². The Balaban J connectivity index is 1.80. The van der Waals surface area contributed by atoms with Gasteiger partial charge in [-0.2, -0.15) is 0 Å². The van der Waals surface area contributed by atoms with E-state index in [1.54, 1.807) is 12.1 Å². The summed E-state index contributed by atoms with van der Waals surface area (Å²) in [7, 11) is 1.53. The van der Waals surface area contributed by atoms with E-state index in [4.69, 9.17) is 27.9 Å². The van der Waals surface area contributed by atoms with Crippen LogP contribution in [-0.4, -0.2) is 17.1 Å². The van der Waals surface area contributed by atoms with E-state index in [1.165, 1.54) is 7.11 Å². The maximum atomic E-state index is 11.2. The fraction of sp³-hybridized carbons (Fsp3) is 0.133. The Bertz CT molecular complexity index is 863. The fourth-order valence-electron chi connectivity index (χ4n) is 2.26. The molecule has 0 atom stereocenters. The maximum Gasteiger partial charge on any atom is 0.323 e. The smallest absolute Gasteiger partial charge is 0.323 e. The van der Waals surface area contributed by atoms with Crippen LogP contribution in [0.15, 0.2) is 35.1 Å². The van der Waals surface area contributed by atoms with Crippen LogP contribution in [0.25, 0.3) is 11.0 Å². The van der Waals surface area contributed by atoms with Crippen LogP contribution in [0.4, 0.5) is 5.69 Å². The van der Waals surface area contributed by atoms with Gasteiger partial charge in [0.1, 0.15) is 0 Å². The van der Waals surface area contributed by atoms with Gasteiger partial charge in [0, 0.05) is 12.2 Å². The molecule has 0 radical (unpaired) electrons. The lowest BCUT2D eigenvalue weighted by atomic mass is 10.2. The number of methoxy groups -OCH3 is 1. The third-order valence-corrected chi connectivity index (χ3v) is 3.84. The molecule has 5 nitrogen and oxygen atoms in total. The molecule has 3 rings (SSSR count). The number of anilines is 1. The molecule has 3 aromatic rings. The van der Waals surface area contributed by atoms with Crippen LogP contribution in [0.1, 0.15) is 5.56 Å². The standard InChI is InChI=1S/C15H13Cl2N3O2/c1-22-14-10(16)4-8(5-11(14)17)7-18-9-2-3-12-13(6-9)20-15(21)19-12/h2-6,18H,7H2,1H3,(H2,19,20,21). The van der Waals surface area contributed by atoms with Crippen molar-refractivity contribution < 1.29 is 4.74 Å². The number of fused-ring (bicyclic) bond motifs is 1. The second-order valence-electron chi connectivity index (χ2n) is 4.79. The molecule has 0 fully saturated rings. The Morgan fingerprint density at radius 2 is 1.77 bits per heavy atom. The lowest BCUT2D eigenvalue weighted by molar-refractivity contribution is 0.415. The summed E-state index contributed by atoms with van der Waals surface area (Å²) in [5, 5.41) is 4.20. The summed E-state index contributed by atoms with van der Waals surface area (Å²) in [6, 6.07) is 9.19. The van der Waals surface area contributed by atoms with Crippen LogP contribution in [0.2, 0.25) is 10.0 Å². The Morgan fingerprint density at radius 3 is 2.45 bits per heavy atom. The molecule has 0 aliphatic heterocycles. The van der Waals surface area contributed by atoms with E-state index >= 15 is 0 Å². The third kappa shape index (κ3) is 2.91. The van der Waals surface area contributed by atoms with Crippen molar-refractivity contribution >= 4 is 39.9 Å². The second kappa shape index (κ2) is 5.94. The SMILES string of the molecule is COc1c(Cl)cc(CNc2ccc3[nH]c(=O)[nH]c3c2)cc1Cl. The predicted octanol–water partition coefficient (Wildman–Crippen LogP) is 3.78. The minimum Gasteiger partial charge on any atom is -0.494 e. The second-order valence-corrected chi connectivity index (χ2v) is 5.60. The molecule has 2 aromatic carbocycles. The Kier molecular flexibility index (Phi) is 4.00. The molecule has 0 aliphatic rings. The van der Waals surface area contributed by atoms with Crippen LogP contribution < -0.4 is 15.7 Å². The molecule has 0 unspecified atom stereocenters. The normalized spacial score (nSPS) is 10.9. The van der Waals surface area contributed by atoms with Crippen molar-refractivity contribution in [3.8, 4) is 5.75 Å². The van der Waals surface area contributed by atoms with Crippen molar-refractivity contribution in [2.45, 2.75) is 6.54 Å². The number of benzene rings is 2. The average molecular weight is 338 g/mol. The zero-order valence-electron chi connectivity index (χ0n) is 11.7. The van der Waals surface area contributed by atoms with E-state index < -0.39 is 0 Å². The summed E-state index contributed by atoms with van der Waals surface area (Å²) < 4.78 is 5.12. The van der Waals surface area contributed by atoms with Crippen molar-refractivity contribution in [1.29, 1.82) is 0 Å². The molecule has 0 aliphatic carbocycles. The Labute approximate surface area is 136 Å². The quantitative estimate of drug-likeness (QED) is 0.678. The molecule has 0 spiro atoms. The first-order valence-electron chi connectivity index (χ1n) is 6.54. The summed E-state index contributed by atoms with van der Waals surface area (Å²) in [4.78, 5) is 16.7. The van der Waals surface area contributed by atoms with Gasteiger partial charge >= 0.3 is 5.69 Å². The highest BCUT2D eigenvalue weighted by Crippen LogP contribution is 2.34. The predicted molar refractivity (Wildman–Crippen MR) is 89.3 cm³/mol. The average Bonchev–Trinajstić information content (AvgIpc) is 2.84. The van der Waals surface area contributed by atoms with Gasteiger partial charge in [0.15, 0.2) is 5.75 Å². The van der Waals surface area contributed by atoms with Crippen LogP contribution in [0.3, 0.4) is 0 Å². The van der Waals surface area contributed by atoms with Gasteiger partial charge in [-0.1, -0.05) is 23.2 Å². The number of ether oxygens (including phenoxy) is 1. The van der Waals surface area contributed by atoms with Crippen LogP contribution >= 0.6 is 23.2 Å². The van der Waals surface area contributed by atoms with Gasteiger partial charge in [-0.25, -0.2) is 4.79 Å². The van der Waals surface area contributed by atoms with Crippen LogP contribution in [0, 0.1) is 0 Å². The first-order valence-corrected chi connectivity index (χ1v) is 7.30. The van der Waals surface area contributed by atoms with E-state index in [9.17, 15) is 4.79 Å². The fourth-order valence-corrected chi connectivity index (χ4v) is 2.94. The van der Waals surface area contributed by atoms with E-state index in [2.05, 4.69) is 15.3 Å². The van der Waals surface area contributed by atoms with Gasteiger partial charge in [-0.05, 0) is 35.9 Å². The number of H-pyrrole nitrogens is 2. The molecule has 0 saturated carbocycles. The molecule has 1 aromatic heterocycles. The third-order valence-electron chi connectivity index (χ3n) is 3.27. The molecule has 1 heterocycles. The molecule has 0 amide bonds. The zero-order valence-corrected chi connectivity index (χ0v) is 13.2. The molecular formula is C15H13Cl2N3O2. The van der Waals surface area contributed by atoms with Crippen molar-refractivity contribution in [2.75, 3.05) is 12.4 Å². The van der Waals surface area contributed by atoms with Crippen LogP contribution in [-0.2, 0) is 6.54 Å². The zero-order chi connectivity index (χ0) is 15.7. The van der Waals surface area contributed by atoms with Gasteiger partial charge < -0.3 is 20.0 Å². The molecule has 22 heavy (non-hydrogen) atoms. The molecule has 7 heteroatoms. The monoisotopic (exact) mass is 337 g/mol. The molecule has 114 valence electrons. The number of hydrogen-bond acceptors (Lipinski definition) is 3. The summed E-state index contributed by atoms with van der Waals surface area (Å²) in [6.45, 7) is 0.545. The number of rotatable bonds is 4. The molecule has 3 N–H and O–H groups in total. The largest absolute Gasteiger partial charge is 0.494 e. The minimum absolute atomic E-state index is 0.221. The molecular weight excluding hydrogens is 325 g/mol. The topological polar surface area (TPSA) is 69.9 Å². The number of halogens is 2. The van der Waals surface area contributed by atoms with Gasteiger partial charge in [-0.15, -0.1) is 0 Å². The van der Waals surface area contributed by atoms with E-state index in [0.717, 1.165) is 22.3 Å². The van der Waals surface area contributed by atoms with Crippen LogP contribution in [0.5, 0.6) is 5.75 Å². The number of nitrogens with one attached hydrogen (secondary N) is 3. The van der Waals surface area contributed by atoms with Crippen molar-refractivity contribution in [3.05, 3.63) is 56.4 Å². The summed E-state index contributed by atoms with van der Waals surface area (Å²) in [5.41, 5.74) is 3.11. The first-order chi connectivity index (χ1) is 10.6. The molecule has 0 saturated heterocycles. The Hall–Kier alpha value is -2.11. The van der Waals surface area contributed by atoms with Crippen molar-refractivity contribution in [2.24, 2.45) is 0 Å². The highest BCUT2D eigenvalue weighted by Gasteiger charge is 2.08. The lowest BCUT2D eigenvalue weighted by Crippen LogP contribution is -2.00. The minimum atomic E-state index is -0.221. The Morgan fingerprint density at radius 1 is 1.09 bits per heavy atom. The van der Waals surface area contributed by atoms with Crippen molar-refractivity contribution in [1.82, 2.24) is 9.97 Å².